The Morgan fingerprint density at radius 3 is 2.44 bits per heavy atom. The molecule has 1 aliphatic rings. The number of amides is 1. The average Bonchev–Trinajstić information content (AvgIpc) is 2.98. The van der Waals surface area contributed by atoms with Crippen molar-refractivity contribution in [1.82, 2.24) is 14.5 Å². The Kier molecular flexibility index (Phi) is 4.01. The maximum atomic E-state index is 12.3. The molecule has 25 heavy (non-hydrogen) atoms. The number of carbonyl (C=O) groups excluding carboxylic acids is 1. The van der Waals surface area contributed by atoms with Gasteiger partial charge in [0, 0.05) is 19.1 Å². The van der Waals surface area contributed by atoms with Crippen molar-refractivity contribution in [2.45, 2.75) is 18.9 Å². The van der Waals surface area contributed by atoms with E-state index in [4.69, 9.17) is 4.74 Å². The topological polar surface area (TPSA) is 67.3 Å². The van der Waals surface area contributed by atoms with Gasteiger partial charge in [-0.2, -0.15) is 0 Å². The first-order valence-corrected chi connectivity index (χ1v) is 8.43. The second-order valence-electron chi connectivity index (χ2n) is 6.22. The second-order valence-corrected chi connectivity index (χ2v) is 6.22. The largest absolute Gasteiger partial charge is 0.415 e. The summed E-state index contributed by atoms with van der Waals surface area (Å²) in [6.07, 6.45) is 1.12. The molecule has 0 unspecified atom stereocenters. The fourth-order valence-corrected chi connectivity index (χ4v) is 3.40. The number of H-pyrrole nitrogens is 1. The number of para-hydroxylation sites is 3. The van der Waals surface area contributed by atoms with Crippen LogP contribution in [-0.4, -0.2) is 33.6 Å². The van der Waals surface area contributed by atoms with Crippen molar-refractivity contribution >= 4 is 17.1 Å². The molecule has 1 saturated heterocycles. The number of hydrogen-bond donors (Lipinski definition) is 1. The molecule has 3 aromatic rings. The number of piperidine rings is 1. The molecule has 0 spiro atoms. The zero-order valence-electron chi connectivity index (χ0n) is 13.7. The Hall–Kier alpha value is -3.02. The van der Waals surface area contributed by atoms with Gasteiger partial charge < -0.3 is 14.6 Å². The van der Waals surface area contributed by atoms with Gasteiger partial charge >= 0.3 is 11.8 Å². The highest BCUT2D eigenvalue weighted by atomic mass is 16.6. The number of rotatable bonds is 2. The van der Waals surface area contributed by atoms with E-state index in [1.54, 1.807) is 17.0 Å². The third-order valence-electron chi connectivity index (χ3n) is 4.66. The quantitative estimate of drug-likeness (QED) is 0.781. The maximum absolute atomic E-state index is 12.3. The van der Waals surface area contributed by atoms with Gasteiger partial charge in [0.05, 0.1) is 11.0 Å². The summed E-state index contributed by atoms with van der Waals surface area (Å²) in [4.78, 5) is 29.2. The number of nitrogens with zero attached hydrogens (tertiary/aromatic N) is 2. The van der Waals surface area contributed by atoms with Crippen LogP contribution in [0.5, 0.6) is 5.75 Å². The molecule has 1 aromatic heterocycles. The maximum Gasteiger partial charge on any atom is 0.415 e. The summed E-state index contributed by atoms with van der Waals surface area (Å²) in [7, 11) is 0. The standard InChI is InChI=1S/C19H19N3O3/c23-18-20-16-8-4-5-9-17(16)22(18)14-10-12-21(13-11-14)19(24)25-15-6-2-1-3-7-15/h1-9,14H,10-13H2,(H,20,23). The number of hydrogen-bond acceptors (Lipinski definition) is 3. The summed E-state index contributed by atoms with van der Waals surface area (Å²) in [6, 6.07) is 16.8. The number of carbonyl (C=O) groups is 1. The second kappa shape index (κ2) is 6.47. The van der Waals surface area contributed by atoms with Crippen molar-refractivity contribution in [2.24, 2.45) is 0 Å². The molecule has 1 aliphatic heterocycles. The van der Waals surface area contributed by atoms with Crippen LogP contribution in [0.3, 0.4) is 0 Å². The number of aromatic nitrogens is 2. The lowest BCUT2D eigenvalue weighted by molar-refractivity contribution is 0.132. The summed E-state index contributed by atoms with van der Waals surface area (Å²) in [5.74, 6) is 0.544. The van der Waals surface area contributed by atoms with Gasteiger partial charge in [0.25, 0.3) is 0 Å². The summed E-state index contributed by atoms with van der Waals surface area (Å²) in [5, 5.41) is 0. The molecule has 6 nitrogen and oxygen atoms in total. The molecular formula is C19H19N3O3. The van der Waals surface area contributed by atoms with E-state index < -0.39 is 0 Å². The Morgan fingerprint density at radius 2 is 1.68 bits per heavy atom. The van der Waals surface area contributed by atoms with Crippen molar-refractivity contribution in [3.8, 4) is 5.75 Å². The lowest BCUT2D eigenvalue weighted by Crippen LogP contribution is -2.41. The number of benzene rings is 2. The molecule has 1 amide bonds. The number of aromatic amines is 1. The first-order valence-electron chi connectivity index (χ1n) is 8.43. The van der Waals surface area contributed by atoms with Crippen LogP contribution in [0.15, 0.2) is 59.4 Å². The minimum atomic E-state index is -0.337. The molecule has 128 valence electrons. The van der Waals surface area contributed by atoms with Gasteiger partial charge in [-0.1, -0.05) is 30.3 Å². The Labute approximate surface area is 144 Å². The lowest BCUT2D eigenvalue weighted by Gasteiger charge is -2.31. The van der Waals surface area contributed by atoms with Crippen LogP contribution in [0.4, 0.5) is 4.79 Å². The minimum absolute atomic E-state index is 0.0874. The van der Waals surface area contributed by atoms with Crippen molar-refractivity contribution < 1.29 is 9.53 Å². The lowest BCUT2D eigenvalue weighted by atomic mass is 10.0. The SMILES string of the molecule is O=C(Oc1ccccc1)N1CCC(n2c(=O)[nH]c3ccccc32)CC1. The molecule has 0 atom stereocenters. The van der Waals surface area contributed by atoms with Crippen LogP contribution in [0.1, 0.15) is 18.9 Å². The van der Waals surface area contributed by atoms with Crippen LogP contribution in [0.2, 0.25) is 0 Å². The van der Waals surface area contributed by atoms with Crippen molar-refractivity contribution in [2.75, 3.05) is 13.1 Å². The smallest absolute Gasteiger partial charge is 0.410 e. The van der Waals surface area contributed by atoms with Crippen molar-refractivity contribution in [3.05, 3.63) is 65.1 Å². The van der Waals surface area contributed by atoms with Crippen LogP contribution < -0.4 is 10.4 Å². The predicted molar refractivity (Wildman–Crippen MR) is 94.9 cm³/mol. The number of nitrogens with one attached hydrogen (secondary N) is 1. The van der Waals surface area contributed by atoms with E-state index in [1.165, 1.54) is 0 Å². The van der Waals surface area contributed by atoms with E-state index in [2.05, 4.69) is 4.98 Å². The molecule has 2 heterocycles. The average molecular weight is 337 g/mol. The minimum Gasteiger partial charge on any atom is -0.410 e. The predicted octanol–water partition coefficient (Wildman–Crippen LogP) is 3.17. The van der Waals surface area contributed by atoms with Gasteiger partial charge in [0.2, 0.25) is 0 Å². The Bertz CT molecular complexity index is 937. The molecular weight excluding hydrogens is 318 g/mol. The van der Waals surface area contributed by atoms with E-state index in [-0.39, 0.29) is 17.8 Å². The Balaban J connectivity index is 1.45. The van der Waals surface area contributed by atoms with Crippen LogP contribution in [0, 0.1) is 0 Å². The zero-order chi connectivity index (χ0) is 17.2. The fraction of sp³-hybridized carbons (Fsp3) is 0.263. The van der Waals surface area contributed by atoms with Gasteiger partial charge in [0.1, 0.15) is 5.75 Å². The van der Waals surface area contributed by atoms with Crippen LogP contribution in [0.25, 0.3) is 11.0 Å². The van der Waals surface area contributed by atoms with E-state index in [9.17, 15) is 9.59 Å². The summed E-state index contributed by atoms with van der Waals surface area (Å²) in [6.45, 7) is 1.14. The summed E-state index contributed by atoms with van der Waals surface area (Å²) in [5.41, 5.74) is 1.67. The van der Waals surface area contributed by atoms with Crippen LogP contribution in [-0.2, 0) is 0 Å². The van der Waals surface area contributed by atoms with Crippen molar-refractivity contribution in [1.29, 1.82) is 0 Å². The third-order valence-corrected chi connectivity index (χ3v) is 4.66. The highest BCUT2D eigenvalue weighted by molar-refractivity contribution is 5.75. The molecule has 0 radical (unpaired) electrons. The zero-order valence-corrected chi connectivity index (χ0v) is 13.7. The number of imidazole rings is 1. The number of fused-ring (bicyclic) bond motifs is 1. The molecule has 0 aliphatic carbocycles. The molecule has 1 fully saturated rings. The van der Waals surface area contributed by atoms with Crippen molar-refractivity contribution in [3.63, 3.8) is 0 Å². The van der Waals surface area contributed by atoms with E-state index in [0.29, 0.717) is 18.8 Å². The number of likely N-dealkylation sites (tertiary alicyclic amines) is 1. The normalized spacial score (nSPS) is 15.4. The van der Waals surface area contributed by atoms with Gasteiger partial charge in [0.15, 0.2) is 0 Å². The monoisotopic (exact) mass is 337 g/mol. The molecule has 0 saturated carbocycles. The highest BCUT2D eigenvalue weighted by Gasteiger charge is 2.27. The van der Waals surface area contributed by atoms with Gasteiger partial charge in [-0.3, -0.25) is 4.57 Å². The fourth-order valence-electron chi connectivity index (χ4n) is 3.40. The first-order chi connectivity index (χ1) is 12.2. The summed E-state index contributed by atoms with van der Waals surface area (Å²) >= 11 is 0. The molecule has 4 rings (SSSR count). The van der Waals surface area contributed by atoms with Gasteiger partial charge in [-0.05, 0) is 37.1 Å². The molecule has 6 heteroatoms. The number of ether oxygens (including phenoxy) is 1. The Morgan fingerprint density at radius 1 is 1.00 bits per heavy atom. The molecule has 1 N–H and O–H groups in total. The molecule has 0 bridgehead atoms. The van der Waals surface area contributed by atoms with E-state index >= 15 is 0 Å². The molecule has 2 aromatic carbocycles. The summed E-state index contributed by atoms with van der Waals surface area (Å²) < 4.78 is 7.20. The van der Waals surface area contributed by atoms with E-state index in [0.717, 1.165) is 23.9 Å². The van der Waals surface area contributed by atoms with Gasteiger partial charge in [-0.25, -0.2) is 9.59 Å². The third kappa shape index (κ3) is 3.03. The van der Waals surface area contributed by atoms with Crippen LogP contribution >= 0.6 is 0 Å². The first kappa shape index (κ1) is 15.5. The van der Waals surface area contributed by atoms with E-state index in [1.807, 2.05) is 47.0 Å². The van der Waals surface area contributed by atoms with Gasteiger partial charge in [-0.15, -0.1) is 0 Å². The highest BCUT2D eigenvalue weighted by Crippen LogP contribution is 2.25.